The lowest BCUT2D eigenvalue weighted by molar-refractivity contribution is -0.137. The van der Waals surface area contributed by atoms with Gasteiger partial charge in [-0.1, -0.05) is 6.07 Å². The Morgan fingerprint density at radius 3 is 2.41 bits per heavy atom. The molecule has 0 fully saturated rings. The number of halogens is 3. The topological polar surface area (TPSA) is 15.6 Å². The van der Waals surface area contributed by atoms with Crippen LogP contribution in [0.15, 0.2) is 29.3 Å². The lowest BCUT2D eigenvalue weighted by Crippen LogP contribution is -2.20. The second-order valence-corrected chi connectivity index (χ2v) is 3.51. The van der Waals surface area contributed by atoms with Gasteiger partial charge in [0.25, 0.3) is 0 Å². The highest BCUT2D eigenvalue weighted by Gasteiger charge is 2.30. The highest BCUT2D eigenvalue weighted by Crippen LogP contribution is 2.31. The van der Waals surface area contributed by atoms with Gasteiger partial charge < -0.3 is 4.90 Å². The van der Waals surface area contributed by atoms with Gasteiger partial charge in [0.15, 0.2) is 0 Å². The van der Waals surface area contributed by atoms with E-state index in [1.807, 2.05) is 18.7 Å². The summed E-state index contributed by atoms with van der Waals surface area (Å²) in [7, 11) is 0. The third kappa shape index (κ3) is 4.09. The van der Waals surface area contributed by atoms with E-state index in [9.17, 15) is 13.2 Å². The van der Waals surface area contributed by atoms with Crippen LogP contribution < -0.4 is 0 Å². The number of benzene rings is 1. The summed E-state index contributed by atoms with van der Waals surface area (Å²) in [5.41, 5.74) is -0.363. The quantitative estimate of drug-likeness (QED) is 0.582. The van der Waals surface area contributed by atoms with Crippen LogP contribution in [0.4, 0.5) is 18.9 Å². The zero-order valence-corrected chi connectivity index (χ0v) is 9.83. The Balaban J connectivity index is 2.86. The summed E-state index contributed by atoms with van der Waals surface area (Å²) in [5.74, 6) is 0. The van der Waals surface area contributed by atoms with Gasteiger partial charge in [0.05, 0.1) is 17.6 Å². The largest absolute Gasteiger partial charge is 0.416 e. The molecule has 0 spiro atoms. The highest BCUT2D eigenvalue weighted by atomic mass is 19.4. The van der Waals surface area contributed by atoms with Crippen LogP contribution in [0.3, 0.4) is 0 Å². The molecule has 0 aliphatic heterocycles. The van der Waals surface area contributed by atoms with Crippen LogP contribution in [0.1, 0.15) is 19.4 Å². The van der Waals surface area contributed by atoms with Crippen molar-refractivity contribution in [3.05, 3.63) is 29.8 Å². The third-order valence-corrected chi connectivity index (χ3v) is 2.36. The molecule has 0 saturated carbocycles. The predicted molar refractivity (Wildman–Crippen MR) is 62.5 cm³/mol. The molecule has 0 heterocycles. The summed E-state index contributed by atoms with van der Waals surface area (Å²) in [6.45, 7) is 5.47. The van der Waals surface area contributed by atoms with Gasteiger partial charge in [0.1, 0.15) is 0 Å². The molecule has 0 aromatic heterocycles. The van der Waals surface area contributed by atoms with Gasteiger partial charge in [-0.15, -0.1) is 0 Å². The minimum absolute atomic E-state index is 0.312. The van der Waals surface area contributed by atoms with E-state index in [1.54, 1.807) is 12.4 Å². The van der Waals surface area contributed by atoms with Crippen LogP contribution in [0.2, 0.25) is 0 Å². The molecule has 0 atom stereocenters. The van der Waals surface area contributed by atoms with Crippen molar-refractivity contribution < 1.29 is 13.2 Å². The first kappa shape index (κ1) is 13.5. The summed E-state index contributed by atoms with van der Waals surface area (Å²) in [4.78, 5) is 5.93. The maximum atomic E-state index is 12.4. The van der Waals surface area contributed by atoms with Gasteiger partial charge in [-0.05, 0) is 32.0 Å². The molecule has 0 N–H and O–H groups in total. The maximum absolute atomic E-state index is 12.4. The van der Waals surface area contributed by atoms with E-state index in [0.717, 1.165) is 25.2 Å². The van der Waals surface area contributed by atoms with Crippen molar-refractivity contribution in [1.29, 1.82) is 0 Å². The fourth-order valence-corrected chi connectivity index (χ4v) is 1.30. The van der Waals surface area contributed by atoms with Crippen molar-refractivity contribution >= 4 is 12.0 Å². The molecule has 17 heavy (non-hydrogen) atoms. The Kier molecular flexibility index (Phi) is 4.54. The first-order chi connectivity index (χ1) is 7.97. The Morgan fingerprint density at radius 2 is 1.88 bits per heavy atom. The molecule has 0 aliphatic carbocycles. The van der Waals surface area contributed by atoms with E-state index >= 15 is 0 Å². The maximum Gasteiger partial charge on any atom is 0.416 e. The predicted octanol–water partition coefficient (Wildman–Crippen LogP) is 3.71. The van der Waals surface area contributed by atoms with Crippen molar-refractivity contribution in [2.45, 2.75) is 20.0 Å². The van der Waals surface area contributed by atoms with Crippen LogP contribution in [0.25, 0.3) is 0 Å². The van der Waals surface area contributed by atoms with E-state index in [4.69, 9.17) is 0 Å². The smallest absolute Gasteiger partial charge is 0.363 e. The number of rotatable bonds is 4. The van der Waals surface area contributed by atoms with Crippen LogP contribution in [0.5, 0.6) is 0 Å². The fourth-order valence-electron chi connectivity index (χ4n) is 1.30. The summed E-state index contributed by atoms with van der Waals surface area (Å²) in [5, 5.41) is 0. The van der Waals surface area contributed by atoms with Gasteiger partial charge in [-0.25, -0.2) is 4.99 Å². The molecular formula is C12H15F3N2. The Bertz CT molecular complexity index is 382. The molecule has 5 heteroatoms. The Morgan fingerprint density at radius 1 is 1.24 bits per heavy atom. The van der Waals surface area contributed by atoms with Crippen molar-refractivity contribution in [3.8, 4) is 0 Å². The van der Waals surface area contributed by atoms with Crippen LogP contribution in [-0.4, -0.2) is 24.3 Å². The van der Waals surface area contributed by atoms with Crippen molar-refractivity contribution in [1.82, 2.24) is 4.90 Å². The first-order valence-corrected chi connectivity index (χ1v) is 5.42. The molecule has 1 aromatic carbocycles. The van der Waals surface area contributed by atoms with Crippen LogP contribution in [0, 0.1) is 0 Å². The average Bonchev–Trinajstić information content (AvgIpc) is 2.30. The third-order valence-electron chi connectivity index (χ3n) is 2.36. The minimum Gasteiger partial charge on any atom is -0.363 e. The molecule has 0 aliphatic rings. The van der Waals surface area contributed by atoms with E-state index in [-0.39, 0.29) is 0 Å². The lowest BCUT2D eigenvalue weighted by atomic mass is 10.2. The minimum atomic E-state index is -4.32. The summed E-state index contributed by atoms with van der Waals surface area (Å²) < 4.78 is 37.3. The lowest BCUT2D eigenvalue weighted by Gasteiger charge is -2.13. The van der Waals surface area contributed by atoms with Crippen LogP contribution in [-0.2, 0) is 6.18 Å². The van der Waals surface area contributed by atoms with E-state index < -0.39 is 11.7 Å². The molecule has 0 radical (unpaired) electrons. The Hall–Kier alpha value is -1.52. The fraction of sp³-hybridized carbons (Fsp3) is 0.417. The number of nitrogens with zero attached hydrogens (tertiary/aromatic N) is 2. The molecule has 0 amide bonds. The standard InChI is InChI=1S/C12H15F3N2/c1-3-17(4-2)9-16-11-7-5-6-10(8-11)12(13,14)15/h5-9H,3-4H2,1-2H3. The van der Waals surface area contributed by atoms with Gasteiger partial charge >= 0.3 is 6.18 Å². The number of aliphatic imine (C=N–C) groups is 1. The molecule has 0 unspecified atom stereocenters. The molecule has 1 aromatic rings. The van der Waals surface area contributed by atoms with Gasteiger partial charge in [0, 0.05) is 13.1 Å². The molecule has 94 valence electrons. The van der Waals surface area contributed by atoms with Gasteiger partial charge in [0.2, 0.25) is 0 Å². The Labute approximate surface area is 98.8 Å². The first-order valence-electron chi connectivity index (χ1n) is 5.42. The number of hydrogen-bond donors (Lipinski definition) is 0. The average molecular weight is 244 g/mol. The van der Waals surface area contributed by atoms with E-state index in [2.05, 4.69) is 4.99 Å². The van der Waals surface area contributed by atoms with Crippen LogP contribution >= 0.6 is 0 Å². The molecule has 1 rings (SSSR count). The van der Waals surface area contributed by atoms with Gasteiger partial charge in [-0.3, -0.25) is 0 Å². The second kappa shape index (κ2) is 5.70. The summed E-state index contributed by atoms with van der Waals surface area (Å²) in [6, 6.07) is 4.99. The van der Waals surface area contributed by atoms with Crippen molar-refractivity contribution in [2.75, 3.05) is 13.1 Å². The molecule has 0 saturated heterocycles. The molecular weight excluding hydrogens is 229 g/mol. The van der Waals surface area contributed by atoms with E-state index in [0.29, 0.717) is 5.69 Å². The number of hydrogen-bond acceptors (Lipinski definition) is 1. The monoisotopic (exact) mass is 244 g/mol. The summed E-state index contributed by atoms with van der Waals surface area (Å²) >= 11 is 0. The van der Waals surface area contributed by atoms with Gasteiger partial charge in [-0.2, -0.15) is 13.2 Å². The van der Waals surface area contributed by atoms with Crippen molar-refractivity contribution in [3.63, 3.8) is 0 Å². The molecule has 2 nitrogen and oxygen atoms in total. The SMILES string of the molecule is CCN(C=Nc1cccc(C(F)(F)F)c1)CC. The van der Waals surface area contributed by atoms with E-state index in [1.165, 1.54) is 6.07 Å². The zero-order valence-electron chi connectivity index (χ0n) is 9.83. The number of alkyl halides is 3. The molecule has 0 bridgehead atoms. The second-order valence-electron chi connectivity index (χ2n) is 3.51. The summed E-state index contributed by atoms with van der Waals surface area (Å²) in [6.07, 6.45) is -2.75. The highest BCUT2D eigenvalue weighted by molar-refractivity contribution is 5.61. The normalized spacial score (nSPS) is 12.1. The van der Waals surface area contributed by atoms with Crippen molar-refractivity contribution in [2.24, 2.45) is 4.99 Å². The zero-order chi connectivity index (χ0) is 12.9.